The molecule has 126 valence electrons. The Kier molecular flexibility index (Phi) is 3.53. The van der Waals surface area contributed by atoms with Gasteiger partial charge < -0.3 is 4.90 Å². The third-order valence-corrected chi connectivity index (χ3v) is 5.44. The van der Waals surface area contributed by atoms with Crippen LogP contribution in [0, 0.1) is 6.92 Å². The largest absolute Gasteiger partial charge is 0.333 e. The van der Waals surface area contributed by atoms with Crippen LogP contribution >= 0.6 is 0 Å². The van der Waals surface area contributed by atoms with E-state index in [1.807, 2.05) is 0 Å². The summed E-state index contributed by atoms with van der Waals surface area (Å²) in [5.74, 6) is 0. The van der Waals surface area contributed by atoms with Crippen LogP contribution in [0.25, 0.3) is 11.1 Å². The molecule has 1 nitrogen and oxygen atoms in total. The molecule has 0 radical (unpaired) electrons. The van der Waals surface area contributed by atoms with E-state index in [0.717, 1.165) is 6.42 Å². The molecule has 2 aliphatic rings. The third-order valence-electron chi connectivity index (χ3n) is 5.44. The summed E-state index contributed by atoms with van der Waals surface area (Å²) in [7, 11) is 0. The van der Waals surface area contributed by atoms with E-state index < -0.39 is 0 Å². The highest BCUT2D eigenvalue weighted by Crippen LogP contribution is 2.48. The second-order valence-corrected chi connectivity index (χ2v) is 7.10. The number of allylic oxidation sites excluding steroid dienone is 2. The van der Waals surface area contributed by atoms with Crippen LogP contribution in [0.4, 0.5) is 11.4 Å². The molecule has 3 aromatic rings. The first kappa shape index (κ1) is 15.2. The Hall–Kier alpha value is -3.06. The number of para-hydroxylation sites is 2. The van der Waals surface area contributed by atoms with Crippen LogP contribution in [0.15, 0.2) is 91.0 Å². The van der Waals surface area contributed by atoms with Gasteiger partial charge in [-0.1, -0.05) is 72.3 Å². The fourth-order valence-corrected chi connectivity index (χ4v) is 4.14. The van der Waals surface area contributed by atoms with Crippen molar-refractivity contribution in [1.82, 2.24) is 0 Å². The van der Waals surface area contributed by atoms with Crippen LogP contribution in [0.5, 0.6) is 0 Å². The molecule has 0 bridgehead atoms. The quantitative estimate of drug-likeness (QED) is 0.525. The molecule has 1 heterocycles. The second kappa shape index (κ2) is 6.03. The number of anilines is 2. The Balaban J connectivity index is 1.61. The Morgan fingerprint density at radius 3 is 2.35 bits per heavy atom. The average Bonchev–Trinajstić information content (AvgIpc) is 3.03. The van der Waals surface area contributed by atoms with E-state index in [2.05, 4.69) is 103 Å². The van der Waals surface area contributed by atoms with E-state index in [4.69, 9.17) is 0 Å². The molecule has 0 amide bonds. The maximum Gasteiger partial charge on any atom is 0.0633 e. The minimum Gasteiger partial charge on any atom is -0.333 e. The molecule has 0 spiro atoms. The van der Waals surface area contributed by atoms with Crippen molar-refractivity contribution in [3.8, 4) is 0 Å². The molecule has 1 atom stereocenters. The summed E-state index contributed by atoms with van der Waals surface area (Å²) in [6, 6.07) is 28.8. The van der Waals surface area contributed by atoms with Gasteiger partial charge in [0.2, 0.25) is 0 Å². The Labute approximate surface area is 154 Å². The first-order valence-corrected chi connectivity index (χ1v) is 9.24. The summed E-state index contributed by atoms with van der Waals surface area (Å²) in [5, 5.41) is 0. The first-order chi connectivity index (χ1) is 12.8. The summed E-state index contributed by atoms with van der Waals surface area (Å²) in [6.45, 7) is 2.14. The van der Waals surface area contributed by atoms with Crippen molar-refractivity contribution in [2.45, 2.75) is 19.4 Å². The highest BCUT2D eigenvalue weighted by Gasteiger charge is 2.35. The van der Waals surface area contributed by atoms with E-state index in [0.29, 0.717) is 6.04 Å². The van der Waals surface area contributed by atoms with Gasteiger partial charge in [-0.25, -0.2) is 0 Å². The van der Waals surface area contributed by atoms with Gasteiger partial charge in [-0.2, -0.15) is 0 Å². The van der Waals surface area contributed by atoms with Crippen LogP contribution in [-0.4, -0.2) is 6.04 Å². The zero-order chi connectivity index (χ0) is 17.5. The Bertz CT molecular complexity index is 1010. The molecular formula is C25H21N. The number of benzene rings is 3. The number of aryl methyl sites for hydroxylation is 1. The number of hydrogen-bond acceptors (Lipinski definition) is 1. The second-order valence-electron chi connectivity index (χ2n) is 7.10. The van der Waals surface area contributed by atoms with Crippen molar-refractivity contribution in [2.24, 2.45) is 0 Å². The van der Waals surface area contributed by atoms with Crippen molar-refractivity contribution >= 4 is 22.5 Å². The maximum absolute atomic E-state index is 2.49. The van der Waals surface area contributed by atoms with Crippen LogP contribution in [0.1, 0.15) is 23.1 Å². The molecule has 3 aromatic carbocycles. The highest BCUT2D eigenvalue weighted by molar-refractivity contribution is 5.98. The maximum atomic E-state index is 2.49. The molecule has 1 aliphatic carbocycles. The van der Waals surface area contributed by atoms with Gasteiger partial charge in [0.05, 0.1) is 6.04 Å². The molecule has 1 heteroatoms. The van der Waals surface area contributed by atoms with E-state index in [-0.39, 0.29) is 0 Å². The number of rotatable bonds is 2. The standard InChI is InChI=1S/C25H21N/c1-18-11-13-19(14-12-18)20-15-16-25-23(17-20)22-9-5-6-10-24(22)26(25)21-7-3-2-4-8-21/h2-15,17,25H,16H2,1H3. The lowest BCUT2D eigenvalue weighted by atomic mass is 9.89. The highest BCUT2D eigenvalue weighted by atomic mass is 15.2. The lowest BCUT2D eigenvalue weighted by Crippen LogP contribution is -2.27. The SMILES string of the molecule is Cc1ccc(C2=CCC3C(=C2)c2ccccc2N3c2ccccc2)cc1. The van der Waals surface area contributed by atoms with E-state index in [1.165, 1.54) is 39.2 Å². The molecule has 0 aromatic heterocycles. The summed E-state index contributed by atoms with van der Waals surface area (Å²) in [6.07, 6.45) is 5.81. The zero-order valence-electron chi connectivity index (χ0n) is 14.9. The molecule has 0 fully saturated rings. The van der Waals surface area contributed by atoms with Crippen LogP contribution < -0.4 is 4.90 Å². The predicted octanol–water partition coefficient (Wildman–Crippen LogP) is 6.39. The summed E-state index contributed by atoms with van der Waals surface area (Å²) >= 11 is 0. The molecule has 0 saturated carbocycles. The number of hydrogen-bond donors (Lipinski definition) is 0. The average molecular weight is 335 g/mol. The third kappa shape index (κ3) is 2.40. The van der Waals surface area contributed by atoms with Gasteiger partial charge in [-0.15, -0.1) is 0 Å². The molecule has 0 N–H and O–H groups in total. The van der Waals surface area contributed by atoms with Crippen LogP contribution in [0.3, 0.4) is 0 Å². The first-order valence-electron chi connectivity index (χ1n) is 9.24. The molecular weight excluding hydrogens is 314 g/mol. The van der Waals surface area contributed by atoms with E-state index >= 15 is 0 Å². The molecule has 0 saturated heterocycles. The van der Waals surface area contributed by atoms with Gasteiger partial charge in [-0.3, -0.25) is 0 Å². The van der Waals surface area contributed by atoms with E-state index in [1.54, 1.807) is 0 Å². The van der Waals surface area contributed by atoms with Crippen molar-refractivity contribution < 1.29 is 0 Å². The minimum absolute atomic E-state index is 0.379. The topological polar surface area (TPSA) is 3.24 Å². The summed E-state index contributed by atoms with van der Waals surface area (Å²) in [5.41, 5.74) is 9.31. The van der Waals surface area contributed by atoms with Crippen LogP contribution in [0.2, 0.25) is 0 Å². The Morgan fingerprint density at radius 2 is 1.54 bits per heavy atom. The Morgan fingerprint density at radius 1 is 0.808 bits per heavy atom. The van der Waals surface area contributed by atoms with Gasteiger partial charge in [0.25, 0.3) is 0 Å². The lowest BCUT2D eigenvalue weighted by Gasteiger charge is -2.29. The van der Waals surface area contributed by atoms with Crippen LogP contribution in [-0.2, 0) is 0 Å². The predicted molar refractivity (Wildman–Crippen MR) is 111 cm³/mol. The smallest absolute Gasteiger partial charge is 0.0633 e. The number of fused-ring (bicyclic) bond motifs is 3. The van der Waals surface area contributed by atoms with Crippen molar-refractivity contribution in [3.05, 3.63) is 108 Å². The molecule has 1 aliphatic heterocycles. The van der Waals surface area contributed by atoms with E-state index in [9.17, 15) is 0 Å². The normalized spacial score (nSPS) is 18.0. The summed E-state index contributed by atoms with van der Waals surface area (Å²) in [4.78, 5) is 2.49. The number of nitrogens with zero attached hydrogens (tertiary/aromatic N) is 1. The van der Waals surface area contributed by atoms with Gasteiger partial charge in [-0.05, 0) is 54.3 Å². The fraction of sp³-hybridized carbons (Fsp3) is 0.120. The molecule has 26 heavy (non-hydrogen) atoms. The molecule has 1 unspecified atom stereocenters. The van der Waals surface area contributed by atoms with Crippen molar-refractivity contribution in [3.63, 3.8) is 0 Å². The molecule has 5 rings (SSSR count). The monoisotopic (exact) mass is 335 g/mol. The summed E-state index contributed by atoms with van der Waals surface area (Å²) < 4.78 is 0. The minimum atomic E-state index is 0.379. The zero-order valence-corrected chi connectivity index (χ0v) is 14.9. The van der Waals surface area contributed by atoms with Gasteiger partial charge in [0.15, 0.2) is 0 Å². The van der Waals surface area contributed by atoms with Gasteiger partial charge in [0.1, 0.15) is 0 Å². The van der Waals surface area contributed by atoms with Crippen molar-refractivity contribution in [1.29, 1.82) is 0 Å². The van der Waals surface area contributed by atoms with Gasteiger partial charge in [0, 0.05) is 16.9 Å². The lowest BCUT2D eigenvalue weighted by molar-refractivity contribution is 0.831. The van der Waals surface area contributed by atoms with Crippen molar-refractivity contribution in [2.75, 3.05) is 4.90 Å². The fourth-order valence-electron chi connectivity index (χ4n) is 4.14. The van der Waals surface area contributed by atoms with Gasteiger partial charge >= 0.3 is 0 Å².